The summed E-state index contributed by atoms with van der Waals surface area (Å²) in [6, 6.07) is 0.0474. The monoisotopic (exact) mass is 234 g/mol. The normalized spacial score (nSPS) is 26.9. The van der Waals surface area contributed by atoms with Crippen molar-refractivity contribution in [3.05, 3.63) is 0 Å². The highest BCUT2D eigenvalue weighted by atomic mass is 32.2. The van der Waals surface area contributed by atoms with Crippen LogP contribution in [0.1, 0.15) is 34.1 Å². The predicted octanol–water partition coefficient (Wildman–Crippen LogP) is 0.702. The quantitative estimate of drug-likeness (QED) is 0.756. The standard InChI is InChI=1S/C10H22N2O2S/c1-8(2)15(13,14)12-9-5-6-11-7-10(9,3)4/h8-9,11-12H,5-7H2,1-4H3. The van der Waals surface area contributed by atoms with Gasteiger partial charge in [-0.1, -0.05) is 13.8 Å². The molecule has 1 saturated heterocycles. The Morgan fingerprint density at radius 2 is 2.00 bits per heavy atom. The van der Waals surface area contributed by atoms with Gasteiger partial charge in [-0.3, -0.25) is 0 Å². The highest BCUT2D eigenvalue weighted by Crippen LogP contribution is 2.25. The topological polar surface area (TPSA) is 58.2 Å². The third-order valence-electron chi connectivity index (χ3n) is 3.06. The Hall–Kier alpha value is -0.130. The maximum absolute atomic E-state index is 11.8. The van der Waals surface area contributed by atoms with Gasteiger partial charge in [-0.05, 0) is 32.2 Å². The minimum atomic E-state index is -3.15. The third-order valence-corrected chi connectivity index (χ3v) is 4.92. The molecule has 1 heterocycles. The van der Waals surface area contributed by atoms with E-state index in [1.807, 2.05) is 0 Å². The van der Waals surface area contributed by atoms with E-state index >= 15 is 0 Å². The molecule has 1 aliphatic rings. The largest absolute Gasteiger partial charge is 0.316 e. The summed E-state index contributed by atoms with van der Waals surface area (Å²) in [5.74, 6) is 0. The Morgan fingerprint density at radius 3 is 2.47 bits per heavy atom. The van der Waals surface area contributed by atoms with Gasteiger partial charge >= 0.3 is 0 Å². The highest BCUT2D eigenvalue weighted by molar-refractivity contribution is 7.90. The zero-order valence-corrected chi connectivity index (χ0v) is 10.8. The summed E-state index contributed by atoms with van der Waals surface area (Å²) in [5.41, 5.74) is -0.0137. The summed E-state index contributed by atoms with van der Waals surface area (Å²) in [6.45, 7) is 9.33. The number of rotatable bonds is 3. The van der Waals surface area contributed by atoms with Crippen molar-refractivity contribution >= 4 is 10.0 Å². The van der Waals surface area contributed by atoms with E-state index in [0.29, 0.717) is 0 Å². The van der Waals surface area contributed by atoms with E-state index in [2.05, 4.69) is 23.9 Å². The molecule has 1 rings (SSSR count). The van der Waals surface area contributed by atoms with Crippen LogP contribution in [0.25, 0.3) is 0 Å². The molecule has 0 spiro atoms. The first-order chi connectivity index (χ1) is 6.76. The Morgan fingerprint density at radius 1 is 1.40 bits per heavy atom. The lowest BCUT2D eigenvalue weighted by molar-refractivity contribution is 0.206. The summed E-state index contributed by atoms with van der Waals surface area (Å²) < 4.78 is 26.3. The molecule has 5 heteroatoms. The van der Waals surface area contributed by atoms with E-state index in [9.17, 15) is 8.42 Å². The molecule has 0 bridgehead atoms. The summed E-state index contributed by atoms with van der Waals surface area (Å²) in [6.07, 6.45) is 0.860. The number of nitrogens with one attached hydrogen (secondary N) is 2. The molecule has 4 nitrogen and oxygen atoms in total. The number of hydrogen-bond acceptors (Lipinski definition) is 3. The van der Waals surface area contributed by atoms with Gasteiger partial charge in [0.05, 0.1) is 5.25 Å². The fourth-order valence-corrected chi connectivity index (χ4v) is 2.83. The van der Waals surface area contributed by atoms with Gasteiger partial charge in [-0.15, -0.1) is 0 Å². The summed E-state index contributed by atoms with van der Waals surface area (Å²) in [4.78, 5) is 0. The molecule has 1 aliphatic heterocycles. The fraction of sp³-hybridized carbons (Fsp3) is 1.00. The second-order valence-electron chi connectivity index (χ2n) is 5.22. The summed E-state index contributed by atoms with van der Waals surface area (Å²) >= 11 is 0. The van der Waals surface area contributed by atoms with Gasteiger partial charge in [-0.2, -0.15) is 0 Å². The average molecular weight is 234 g/mol. The van der Waals surface area contributed by atoms with Gasteiger partial charge in [-0.25, -0.2) is 13.1 Å². The third kappa shape index (κ3) is 3.16. The SMILES string of the molecule is CC(C)S(=O)(=O)NC1CCNCC1(C)C. The molecule has 15 heavy (non-hydrogen) atoms. The number of piperidine rings is 1. The van der Waals surface area contributed by atoms with Gasteiger partial charge in [0.15, 0.2) is 0 Å². The van der Waals surface area contributed by atoms with Crippen LogP contribution in [0.15, 0.2) is 0 Å². The Balaban J connectivity index is 2.73. The molecular weight excluding hydrogens is 212 g/mol. The first kappa shape index (κ1) is 12.9. The second kappa shape index (κ2) is 4.39. The van der Waals surface area contributed by atoms with Crippen LogP contribution in [0.4, 0.5) is 0 Å². The van der Waals surface area contributed by atoms with E-state index in [4.69, 9.17) is 0 Å². The fourth-order valence-electron chi connectivity index (χ4n) is 1.72. The zero-order valence-electron chi connectivity index (χ0n) is 10.0. The molecule has 0 aromatic rings. The van der Waals surface area contributed by atoms with Crippen molar-refractivity contribution in [2.75, 3.05) is 13.1 Å². The molecule has 0 radical (unpaired) electrons. The average Bonchev–Trinajstić information content (AvgIpc) is 2.08. The van der Waals surface area contributed by atoms with Crippen molar-refractivity contribution in [3.8, 4) is 0 Å². The van der Waals surface area contributed by atoms with Crippen molar-refractivity contribution < 1.29 is 8.42 Å². The lowest BCUT2D eigenvalue weighted by atomic mass is 9.81. The number of sulfonamides is 1. The van der Waals surface area contributed by atoms with E-state index in [1.165, 1.54) is 0 Å². The van der Waals surface area contributed by atoms with Crippen molar-refractivity contribution in [3.63, 3.8) is 0 Å². The minimum absolute atomic E-state index is 0.0137. The van der Waals surface area contributed by atoms with Crippen LogP contribution < -0.4 is 10.0 Å². The highest BCUT2D eigenvalue weighted by Gasteiger charge is 2.35. The van der Waals surface area contributed by atoms with E-state index in [-0.39, 0.29) is 16.7 Å². The van der Waals surface area contributed by atoms with Gasteiger partial charge < -0.3 is 5.32 Å². The first-order valence-electron chi connectivity index (χ1n) is 5.47. The first-order valence-corrected chi connectivity index (χ1v) is 7.02. The summed E-state index contributed by atoms with van der Waals surface area (Å²) in [7, 11) is -3.15. The molecule has 1 atom stereocenters. The molecule has 2 N–H and O–H groups in total. The minimum Gasteiger partial charge on any atom is -0.316 e. The molecular formula is C10H22N2O2S. The van der Waals surface area contributed by atoms with Crippen LogP contribution in [-0.2, 0) is 10.0 Å². The van der Waals surface area contributed by atoms with Crippen molar-refractivity contribution in [1.29, 1.82) is 0 Å². The van der Waals surface area contributed by atoms with Crippen LogP contribution in [-0.4, -0.2) is 32.8 Å². The van der Waals surface area contributed by atoms with Crippen LogP contribution in [0.5, 0.6) is 0 Å². The molecule has 0 aromatic heterocycles. The Labute approximate surface area is 92.9 Å². The second-order valence-corrected chi connectivity index (χ2v) is 7.49. The van der Waals surface area contributed by atoms with Gasteiger partial charge in [0.2, 0.25) is 10.0 Å². The van der Waals surface area contributed by atoms with Gasteiger partial charge in [0.25, 0.3) is 0 Å². The smallest absolute Gasteiger partial charge is 0.214 e. The molecule has 0 amide bonds. The maximum Gasteiger partial charge on any atom is 0.214 e. The molecule has 1 fully saturated rings. The van der Waals surface area contributed by atoms with Crippen LogP contribution >= 0.6 is 0 Å². The molecule has 1 unspecified atom stereocenters. The van der Waals surface area contributed by atoms with E-state index < -0.39 is 10.0 Å². The van der Waals surface area contributed by atoms with E-state index in [1.54, 1.807) is 13.8 Å². The van der Waals surface area contributed by atoms with Crippen LogP contribution in [0.3, 0.4) is 0 Å². The molecule has 0 saturated carbocycles. The Bertz CT molecular complexity index is 309. The molecule has 0 aromatic carbocycles. The molecule has 0 aliphatic carbocycles. The maximum atomic E-state index is 11.8. The van der Waals surface area contributed by atoms with Crippen LogP contribution in [0.2, 0.25) is 0 Å². The van der Waals surface area contributed by atoms with E-state index in [0.717, 1.165) is 19.5 Å². The van der Waals surface area contributed by atoms with Crippen LogP contribution in [0, 0.1) is 5.41 Å². The van der Waals surface area contributed by atoms with Gasteiger partial charge in [0.1, 0.15) is 0 Å². The van der Waals surface area contributed by atoms with Gasteiger partial charge in [0, 0.05) is 12.6 Å². The number of hydrogen-bond donors (Lipinski definition) is 2. The summed E-state index contributed by atoms with van der Waals surface area (Å²) in [5, 5.41) is 2.93. The Kier molecular flexibility index (Phi) is 3.79. The molecule has 90 valence electrons. The van der Waals surface area contributed by atoms with Crippen molar-refractivity contribution in [2.45, 2.75) is 45.4 Å². The van der Waals surface area contributed by atoms with Crippen molar-refractivity contribution in [1.82, 2.24) is 10.0 Å². The predicted molar refractivity (Wildman–Crippen MR) is 62.2 cm³/mol. The lowest BCUT2D eigenvalue weighted by Gasteiger charge is -2.39. The van der Waals surface area contributed by atoms with Crippen molar-refractivity contribution in [2.24, 2.45) is 5.41 Å². The zero-order chi connectivity index (χ0) is 11.7. The lowest BCUT2D eigenvalue weighted by Crippen LogP contribution is -2.55.